The molecule has 0 aliphatic heterocycles. The van der Waals surface area contributed by atoms with E-state index < -0.39 is 0 Å². The number of carbonyl (C=O) groups excluding carboxylic acids is 1. The van der Waals surface area contributed by atoms with Gasteiger partial charge in [0.05, 0.1) is 11.4 Å². The van der Waals surface area contributed by atoms with Gasteiger partial charge in [-0.2, -0.15) is 11.8 Å². The molecule has 1 rings (SSSR count). The fraction of sp³-hybridized carbons (Fsp3) is 0.273. The van der Waals surface area contributed by atoms with E-state index in [1.807, 2.05) is 19.2 Å². The van der Waals surface area contributed by atoms with Crippen molar-refractivity contribution in [2.45, 2.75) is 6.92 Å². The lowest BCUT2D eigenvalue weighted by Gasteiger charge is -2.12. The fourth-order valence-electron chi connectivity index (χ4n) is 1.48. The van der Waals surface area contributed by atoms with E-state index in [0.717, 1.165) is 5.56 Å². The molecule has 17 heavy (non-hydrogen) atoms. The van der Waals surface area contributed by atoms with Gasteiger partial charge in [-0.1, -0.05) is 17.3 Å². The van der Waals surface area contributed by atoms with Crippen LogP contribution in [0.3, 0.4) is 0 Å². The molecular weight excluding hydrogens is 238 g/mol. The molecule has 0 aliphatic carbocycles. The van der Waals surface area contributed by atoms with Crippen molar-refractivity contribution < 1.29 is 10.0 Å². The zero-order chi connectivity index (χ0) is 12.8. The standard InChI is InChI=1S/C11H15N3O2S/c1-7-4-3-5-8(10(7)11(12)14-16)13-9(15)6-17-2/h3-5,16H,6H2,1-2H3,(H2,12,14)(H,13,15). The number of benzene rings is 1. The maximum atomic E-state index is 11.5. The van der Waals surface area contributed by atoms with Gasteiger partial charge in [0.2, 0.25) is 5.91 Å². The zero-order valence-corrected chi connectivity index (χ0v) is 10.5. The lowest BCUT2D eigenvalue weighted by molar-refractivity contribution is -0.113. The molecule has 0 saturated heterocycles. The third kappa shape index (κ3) is 3.39. The molecular formula is C11H15N3O2S. The number of nitrogens with zero attached hydrogens (tertiary/aromatic N) is 1. The molecule has 92 valence electrons. The van der Waals surface area contributed by atoms with Gasteiger partial charge in [-0.3, -0.25) is 4.79 Å². The minimum atomic E-state index is -0.116. The van der Waals surface area contributed by atoms with Gasteiger partial charge in [-0.15, -0.1) is 0 Å². The van der Waals surface area contributed by atoms with Gasteiger partial charge in [0.1, 0.15) is 0 Å². The van der Waals surface area contributed by atoms with Crippen molar-refractivity contribution >= 4 is 29.2 Å². The molecule has 0 atom stereocenters. The number of thioether (sulfide) groups is 1. The van der Waals surface area contributed by atoms with Crippen LogP contribution in [0.25, 0.3) is 0 Å². The predicted molar refractivity (Wildman–Crippen MR) is 70.7 cm³/mol. The summed E-state index contributed by atoms with van der Waals surface area (Å²) in [4.78, 5) is 11.5. The van der Waals surface area contributed by atoms with E-state index in [1.54, 1.807) is 12.1 Å². The largest absolute Gasteiger partial charge is 0.409 e. The maximum Gasteiger partial charge on any atom is 0.234 e. The van der Waals surface area contributed by atoms with Crippen LogP contribution in [0, 0.1) is 6.92 Å². The Balaban J connectivity index is 3.07. The smallest absolute Gasteiger partial charge is 0.234 e. The van der Waals surface area contributed by atoms with Crippen molar-refractivity contribution in [3.05, 3.63) is 29.3 Å². The number of amidine groups is 1. The van der Waals surface area contributed by atoms with E-state index in [9.17, 15) is 4.79 Å². The summed E-state index contributed by atoms with van der Waals surface area (Å²) in [5, 5.41) is 14.4. The van der Waals surface area contributed by atoms with Gasteiger partial charge in [-0.25, -0.2) is 0 Å². The lowest BCUT2D eigenvalue weighted by atomic mass is 10.1. The number of oxime groups is 1. The average molecular weight is 253 g/mol. The molecule has 5 nitrogen and oxygen atoms in total. The highest BCUT2D eigenvalue weighted by molar-refractivity contribution is 7.99. The van der Waals surface area contributed by atoms with Crippen molar-refractivity contribution in [1.82, 2.24) is 0 Å². The highest BCUT2D eigenvalue weighted by Gasteiger charge is 2.12. The first-order valence-electron chi connectivity index (χ1n) is 4.96. The van der Waals surface area contributed by atoms with Crippen molar-refractivity contribution in [1.29, 1.82) is 0 Å². The molecule has 0 fully saturated rings. The normalized spacial score (nSPS) is 11.3. The van der Waals surface area contributed by atoms with Crippen LogP contribution in [0.4, 0.5) is 5.69 Å². The van der Waals surface area contributed by atoms with Crippen LogP contribution in [0.1, 0.15) is 11.1 Å². The summed E-state index contributed by atoms with van der Waals surface area (Å²) in [5.41, 5.74) is 7.53. The number of aryl methyl sites for hydroxylation is 1. The number of hydrogen-bond donors (Lipinski definition) is 3. The summed E-state index contributed by atoms with van der Waals surface area (Å²) >= 11 is 1.43. The minimum absolute atomic E-state index is 0.0115. The van der Waals surface area contributed by atoms with Gasteiger partial charge in [0.25, 0.3) is 0 Å². The van der Waals surface area contributed by atoms with Crippen LogP contribution < -0.4 is 11.1 Å². The Morgan fingerprint density at radius 3 is 2.88 bits per heavy atom. The van der Waals surface area contributed by atoms with E-state index in [4.69, 9.17) is 10.9 Å². The third-order valence-electron chi connectivity index (χ3n) is 2.19. The molecule has 0 heterocycles. The SMILES string of the molecule is CSCC(=O)Nc1cccc(C)c1/C(N)=N/O. The molecule has 0 unspecified atom stereocenters. The second-order valence-electron chi connectivity index (χ2n) is 3.46. The van der Waals surface area contributed by atoms with Gasteiger partial charge in [0, 0.05) is 5.56 Å². The number of carbonyl (C=O) groups is 1. The number of amides is 1. The van der Waals surface area contributed by atoms with Crippen LogP contribution in [0.2, 0.25) is 0 Å². The zero-order valence-electron chi connectivity index (χ0n) is 9.73. The Labute approximate surface area is 104 Å². The Morgan fingerprint density at radius 1 is 1.59 bits per heavy atom. The molecule has 6 heteroatoms. The van der Waals surface area contributed by atoms with Crippen molar-refractivity contribution in [3.63, 3.8) is 0 Å². The van der Waals surface area contributed by atoms with Crippen LogP contribution in [0.15, 0.2) is 23.4 Å². The summed E-state index contributed by atoms with van der Waals surface area (Å²) in [5.74, 6) is 0.237. The molecule has 1 aromatic rings. The second-order valence-corrected chi connectivity index (χ2v) is 4.33. The molecule has 0 saturated carbocycles. The number of nitrogens with one attached hydrogen (secondary N) is 1. The quantitative estimate of drug-likeness (QED) is 0.327. The van der Waals surface area contributed by atoms with Crippen molar-refractivity contribution in [2.24, 2.45) is 10.9 Å². The first kappa shape index (κ1) is 13.4. The molecule has 4 N–H and O–H groups in total. The van der Waals surface area contributed by atoms with E-state index in [2.05, 4.69) is 10.5 Å². The number of anilines is 1. The van der Waals surface area contributed by atoms with Crippen molar-refractivity contribution in [3.8, 4) is 0 Å². The second kappa shape index (κ2) is 6.15. The number of rotatable bonds is 4. The monoisotopic (exact) mass is 253 g/mol. The number of nitrogens with two attached hydrogens (primary N) is 1. The van der Waals surface area contributed by atoms with E-state index in [0.29, 0.717) is 17.0 Å². The van der Waals surface area contributed by atoms with Crippen molar-refractivity contribution in [2.75, 3.05) is 17.3 Å². The molecule has 0 bridgehead atoms. The Bertz CT molecular complexity index is 446. The van der Waals surface area contributed by atoms with Crippen LogP contribution >= 0.6 is 11.8 Å². The van der Waals surface area contributed by atoms with E-state index >= 15 is 0 Å². The topological polar surface area (TPSA) is 87.7 Å². The Hall–Kier alpha value is -1.69. The third-order valence-corrected chi connectivity index (χ3v) is 2.74. The van der Waals surface area contributed by atoms with E-state index in [1.165, 1.54) is 11.8 Å². The number of hydrogen-bond acceptors (Lipinski definition) is 4. The molecule has 0 spiro atoms. The molecule has 0 radical (unpaired) electrons. The summed E-state index contributed by atoms with van der Waals surface area (Å²) in [7, 11) is 0. The fourth-order valence-corrected chi connectivity index (χ4v) is 1.81. The Morgan fingerprint density at radius 2 is 2.29 bits per heavy atom. The first-order chi connectivity index (χ1) is 8.10. The molecule has 0 aliphatic rings. The van der Waals surface area contributed by atoms with Gasteiger partial charge in [-0.05, 0) is 24.8 Å². The summed E-state index contributed by atoms with van der Waals surface area (Å²) < 4.78 is 0. The highest BCUT2D eigenvalue weighted by Crippen LogP contribution is 2.19. The summed E-state index contributed by atoms with van der Waals surface area (Å²) in [6.07, 6.45) is 1.85. The summed E-state index contributed by atoms with van der Waals surface area (Å²) in [6.45, 7) is 1.83. The van der Waals surface area contributed by atoms with Gasteiger partial charge < -0.3 is 16.3 Å². The molecule has 1 aromatic carbocycles. The minimum Gasteiger partial charge on any atom is -0.409 e. The van der Waals surface area contributed by atoms with Crippen LogP contribution in [-0.4, -0.2) is 29.0 Å². The lowest BCUT2D eigenvalue weighted by Crippen LogP contribution is -2.21. The first-order valence-corrected chi connectivity index (χ1v) is 6.35. The van der Waals surface area contributed by atoms with Gasteiger partial charge >= 0.3 is 0 Å². The van der Waals surface area contributed by atoms with Crippen LogP contribution in [-0.2, 0) is 4.79 Å². The average Bonchev–Trinajstić information content (AvgIpc) is 2.28. The highest BCUT2D eigenvalue weighted by atomic mass is 32.2. The van der Waals surface area contributed by atoms with Gasteiger partial charge in [0.15, 0.2) is 5.84 Å². The Kier molecular flexibility index (Phi) is 4.84. The molecule has 0 aromatic heterocycles. The summed E-state index contributed by atoms with van der Waals surface area (Å²) in [6, 6.07) is 5.36. The van der Waals surface area contributed by atoms with Crippen LogP contribution in [0.5, 0.6) is 0 Å². The predicted octanol–water partition coefficient (Wildman–Crippen LogP) is 1.39. The maximum absolute atomic E-state index is 11.5. The van der Waals surface area contributed by atoms with E-state index in [-0.39, 0.29) is 11.7 Å². The molecule has 1 amide bonds.